The predicted molar refractivity (Wildman–Crippen MR) is 142 cm³/mol. The summed E-state index contributed by atoms with van der Waals surface area (Å²) in [6, 6.07) is 27.0. The van der Waals surface area contributed by atoms with Gasteiger partial charge in [0.2, 0.25) is 0 Å². The number of quaternary nitrogens is 1. The van der Waals surface area contributed by atoms with Crippen LogP contribution in [0, 0.1) is 20.8 Å². The molecule has 0 radical (unpaired) electrons. The van der Waals surface area contributed by atoms with Gasteiger partial charge in [0.1, 0.15) is 0 Å². The van der Waals surface area contributed by atoms with Crippen molar-refractivity contribution in [2.75, 3.05) is 28.2 Å². The summed E-state index contributed by atoms with van der Waals surface area (Å²) in [6.07, 6.45) is 2.65. The summed E-state index contributed by atoms with van der Waals surface area (Å²) in [5.74, 6) is 0. The number of rotatable bonds is 6. The van der Waals surface area contributed by atoms with Crippen molar-refractivity contribution in [1.29, 1.82) is 0 Å². The number of nitrogens with zero attached hydrogens (tertiary/aromatic N) is 1. The Kier molecular flexibility index (Phi) is 8.71. The van der Waals surface area contributed by atoms with E-state index in [1.54, 1.807) is 0 Å². The van der Waals surface area contributed by atoms with Gasteiger partial charge in [0.15, 0.2) is 0 Å². The highest BCUT2D eigenvalue weighted by Crippen LogP contribution is 2.20. The van der Waals surface area contributed by atoms with Crippen molar-refractivity contribution in [3.8, 4) is 0 Å². The molecule has 1 nitrogen and oxygen atoms in total. The molecule has 0 bridgehead atoms. The molecule has 31 heavy (non-hydrogen) atoms. The first-order valence-electron chi connectivity index (χ1n) is 11.8. The van der Waals surface area contributed by atoms with Crippen molar-refractivity contribution in [3.63, 3.8) is 0 Å². The fraction of sp³-hybridized carbons (Fsp3) is 0.379. The molecule has 0 aliphatic carbocycles. The predicted octanol–water partition coefficient (Wildman–Crippen LogP) is 5.20. The largest absolute Gasteiger partial charge is 0.333 e. The Morgan fingerprint density at radius 3 is 1.13 bits per heavy atom. The number of hydrogen-bond acceptors (Lipinski definition) is 0. The van der Waals surface area contributed by atoms with Gasteiger partial charge in [-0.25, -0.2) is 0 Å². The normalized spacial score (nSPS) is 11.6. The fourth-order valence-electron chi connectivity index (χ4n) is 4.90. The summed E-state index contributed by atoms with van der Waals surface area (Å²) in [5, 5.41) is 0. The third-order valence-corrected chi connectivity index (χ3v) is 6.15. The van der Waals surface area contributed by atoms with Gasteiger partial charge in [0.25, 0.3) is 0 Å². The van der Waals surface area contributed by atoms with E-state index in [0.717, 1.165) is 4.48 Å². The molecule has 0 aromatic heterocycles. The van der Waals surface area contributed by atoms with Crippen LogP contribution in [-0.2, 0) is 0 Å². The fourth-order valence-corrected chi connectivity index (χ4v) is 4.90. The third-order valence-electron chi connectivity index (χ3n) is 6.15. The van der Waals surface area contributed by atoms with Gasteiger partial charge in [-0.1, -0.05) is 109 Å². The minimum atomic E-state index is -0.990. The zero-order chi connectivity index (χ0) is 23.1. The summed E-state index contributed by atoms with van der Waals surface area (Å²) in [6.45, 7) is 9.12. The molecule has 0 aliphatic heterocycles. The van der Waals surface area contributed by atoms with E-state index < -0.39 is 6.15 Å². The topological polar surface area (TPSA) is 0 Å². The van der Waals surface area contributed by atoms with E-state index >= 15 is 0 Å². The average Bonchev–Trinajstić information content (AvgIpc) is 2.70. The summed E-state index contributed by atoms with van der Waals surface area (Å²) in [4.78, 5) is 0. The lowest BCUT2D eigenvalue weighted by molar-refractivity contribution is -0.849. The van der Waals surface area contributed by atoms with Crippen LogP contribution < -0.4 is 16.4 Å². The smallest absolute Gasteiger partial charge is 0.0824 e. The van der Waals surface area contributed by atoms with E-state index in [1.807, 2.05) is 0 Å². The highest BCUT2D eigenvalue weighted by Gasteiger charge is 2.32. The van der Waals surface area contributed by atoms with Crippen molar-refractivity contribution >= 4 is 22.5 Å². The van der Waals surface area contributed by atoms with Crippen molar-refractivity contribution < 1.29 is 4.48 Å². The minimum absolute atomic E-state index is 0.990. The number of benzene rings is 3. The average molecular weight is 415 g/mol. The van der Waals surface area contributed by atoms with Gasteiger partial charge in [-0.3, -0.25) is 0 Å². The monoisotopic (exact) mass is 415 g/mol. The first-order chi connectivity index (χ1) is 14.6. The van der Waals surface area contributed by atoms with Gasteiger partial charge in [0, 0.05) is 0 Å². The van der Waals surface area contributed by atoms with Crippen LogP contribution in [0.4, 0.5) is 0 Å². The van der Waals surface area contributed by atoms with Gasteiger partial charge in [-0.15, -0.1) is 0 Å². The summed E-state index contributed by atoms with van der Waals surface area (Å²) < 4.78 is 1.00. The second kappa shape index (κ2) is 10.8. The summed E-state index contributed by atoms with van der Waals surface area (Å²) >= 11 is 0. The molecule has 0 atom stereocenters. The van der Waals surface area contributed by atoms with Crippen molar-refractivity contribution in [3.05, 3.63) is 89.5 Å². The molecule has 0 saturated heterocycles. The third kappa shape index (κ3) is 6.34. The lowest BCUT2D eigenvalue weighted by Gasteiger charge is -2.46. The zero-order valence-electron chi connectivity index (χ0n) is 21.1. The minimum Gasteiger partial charge on any atom is -0.333 e. The molecular formula is C29H42BN. The molecule has 3 aromatic rings. The summed E-state index contributed by atoms with van der Waals surface area (Å²) in [7, 11) is 8.50. The van der Waals surface area contributed by atoms with Crippen LogP contribution in [0.1, 0.15) is 36.5 Å². The highest BCUT2D eigenvalue weighted by molar-refractivity contribution is 7.12. The second-order valence-corrected chi connectivity index (χ2v) is 10.4. The Hall–Kier alpha value is -2.32. The molecular weight excluding hydrogens is 373 g/mol. The van der Waals surface area contributed by atoms with E-state index in [-0.39, 0.29) is 0 Å². The van der Waals surface area contributed by atoms with Crippen LogP contribution in [0.15, 0.2) is 72.8 Å². The summed E-state index contributed by atoms with van der Waals surface area (Å²) in [5.41, 5.74) is 8.71. The molecule has 0 heterocycles. The Balaban J connectivity index is 0.000000614. The van der Waals surface area contributed by atoms with Crippen LogP contribution >= 0.6 is 0 Å². The first kappa shape index (κ1) is 24.9. The van der Waals surface area contributed by atoms with Crippen molar-refractivity contribution in [2.24, 2.45) is 0 Å². The number of unbranched alkanes of at least 4 members (excludes halogenated alkanes) is 1. The Morgan fingerprint density at radius 1 is 0.581 bits per heavy atom. The number of hydrogen-bond donors (Lipinski definition) is 0. The van der Waals surface area contributed by atoms with Crippen molar-refractivity contribution in [1.82, 2.24) is 0 Å². The van der Waals surface area contributed by atoms with Gasteiger partial charge >= 0.3 is 0 Å². The molecule has 0 unspecified atom stereocenters. The standard InChI is InChI=1S/C25H30B.C4H12N/c1-5-6-19-26(23-16-10-7-13-20(23)2,24-17-11-8-14-21(24)3)25-18-12-9-15-22(25)4;1-5(2,3)4/h7-18H,5-6,19H2,1-4H3;1-4H3/q-1;+1. The van der Waals surface area contributed by atoms with E-state index in [2.05, 4.69) is 129 Å². The maximum Gasteiger partial charge on any atom is 0.0824 e. The lowest BCUT2D eigenvalue weighted by Crippen LogP contribution is -2.68. The maximum atomic E-state index is 2.36. The lowest BCUT2D eigenvalue weighted by atomic mass is 9.13. The Morgan fingerprint density at radius 2 is 0.871 bits per heavy atom. The molecule has 0 amide bonds. The molecule has 166 valence electrons. The highest BCUT2D eigenvalue weighted by atomic mass is 15.2. The second-order valence-electron chi connectivity index (χ2n) is 10.4. The molecule has 3 rings (SSSR count). The van der Waals surface area contributed by atoms with Crippen LogP contribution in [-0.4, -0.2) is 38.8 Å². The van der Waals surface area contributed by atoms with Crippen LogP contribution in [0.25, 0.3) is 0 Å². The van der Waals surface area contributed by atoms with E-state index in [4.69, 9.17) is 0 Å². The molecule has 0 spiro atoms. The molecule has 0 saturated carbocycles. The molecule has 0 aliphatic rings. The van der Waals surface area contributed by atoms with E-state index in [0.29, 0.717) is 0 Å². The van der Waals surface area contributed by atoms with Crippen molar-refractivity contribution in [2.45, 2.75) is 46.9 Å². The van der Waals surface area contributed by atoms with Gasteiger partial charge in [-0.2, -0.15) is 22.7 Å². The van der Waals surface area contributed by atoms with E-state index in [1.165, 1.54) is 52.2 Å². The molecule has 2 heteroatoms. The maximum absolute atomic E-state index is 2.36. The first-order valence-corrected chi connectivity index (χ1v) is 11.8. The number of aryl methyl sites for hydroxylation is 3. The zero-order valence-corrected chi connectivity index (χ0v) is 21.1. The van der Waals surface area contributed by atoms with Gasteiger partial charge in [-0.05, 0) is 20.8 Å². The van der Waals surface area contributed by atoms with Crippen LogP contribution in [0.2, 0.25) is 6.32 Å². The molecule has 0 N–H and O–H groups in total. The van der Waals surface area contributed by atoms with Gasteiger partial charge < -0.3 is 4.48 Å². The quantitative estimate of drug-likeness (QED) is 0.383. The Bertz CT molecular complexity index is 851. The van der Waals surface area contributed by atoms with E-state index in [9.17, 15) is 0 Å². The molecule has 0 fully saturated rings. The van der Waals surface area contributed by atoms with Crippen LogP contribution in [0.3, 0.4) is 0 Å². The Labute approximate surface area is 191 Å². The van der Waals surface area contributed by atoms with Gasteiger partial charge in [0.05, 0.1) is 34.3 Å². The van der Waals surface area contributed by atoms with Crippen LogP contribution in [0.5, 0.6) is 0 Å². The molecule has 3 aromatic carbocycles. The SMILES string of the molecule is CCCC[B-](c1ccccc1C)(c1ccccc1C)c1ccccc1C.C[N+](C)(C)C.